The Hall–Kier alpha value is -1.63. The summed E-state index contributed by atoms with van der Waals surface area (Å²) in [6.07, 6.45) is -4.85. The molecule has 1 aliphatic heterocycles. The molecule has 7 heteroatoms. The van der Waals surface area contributed by atoms with Crippen LogP contribution >= 0.6 is 0 Å². The molecule has 0 unspecified atom stereocenters. The molecule has 1 heterocycles. The predicted octanol–water partition coefficient (Wildman–Crippen LogP) is 2.67. The van der Waals surface area contributed by atoms with E-state index in [2.05, 4.69) is 5.43 Å². The van der Waals surface area contributed by atoms with Crippen molar-refractivity contribution in [3.8, 4) is 0 Å². The Labute approximate surface area is 119 Å². The number of hydrazine groups is 1. The minimum atomic E-state index is -4.50. The van der Waals surface area contributed by atoms with Gasteiger partial charge in [0.1, 0.15) is 11.9 Å². The summed E-state index contributed by atoms with van der Waals surface area (Å²) in [5.41, 5.74) is 1.77. The number of hydrogen-bond donors (Lipinski definition) is 1. The van der Waals surface area contributed by atoms with E-state index in [9.17, 15) is 22.4 Å². The highest BCUT2D eigenvalue weighted by Gasteiger charge is 2.50. The van der Waals surface area contributed by atoms with Gasteiger partial charge in [-0.2, -0.15) is 13.2 Å². The second-order valence-corrected chi connectivity index (χ2v) is 5.84. The van der Waals surface area contributed by atoms with E-state index >= 15 is 0 Å². The third-order valence-corrected chi connectivity index (χ3v) is 3.52. The zero-order valence-electron chi connectivity index (χ0n) is 11.7. The molecule has 0 spiro atoms. The van der Waals surface area contributed by atoms with Crippen LogP contribution in [0.2, 0.25) is 0 Å². The zero-order valence-corrected chi connectivity index (χ0v) is 11.7. The Morgan fingerprint density at radius 1 is 1.29 bits per heavy atom. The number of carbonyl (C=O) groups excluding carboxylic acids is 1. The lowest BCUT2D eigenvalue weighted by atomic mass is 9.94. The fourth-order valence-corrected chi connectivity index (χ4v) is 2.25. The van der Waals surface area contributed by atoms with E-state index in [4.69, 9.17) is 0 Å². The molecule has 21 heavy (non-hydrogen) atoms. The molecule has 1 atom stereocenters. The van der Waals surface area contributed by atoms with Gasteiger partial charge in [0.2, 0.25) is 5.91 Å². The van der Waals surface area contributed by atoms with Gasteiger partial charge < -0.3 is 0 Å². The first-order valence-electron chi connectivity index (χ1n) is 6.48. The topological polar surface area (TPSA) is 32.3 Å². The summed E-state index contributed by atoms with van der Waals surface area (Å²) in [6.45, 7) is 3.15. The van der Waals surface area contributed by atoms with Gasteiger partial charge >= 0.3 is 6.18 Å². The Morgan fingerprint density at radius 3 is 2.29 bits per heavy atom. The molecule has 1 N–H and O–H groups in total. The number of amides is 1. The van der Waals surface area contributed by atoms with Crippen molar-refractivity contribution in [3.05, 3.63) is 35.6 Å². The van der Waals surface area contributed by atoms with Gasteiger partial charge in [0.05, 0.1) is 5.41 Å². The highest BCUT2D eigenvalue weighted by molar-refractivity contribution is 5.83. The Balaban J connectivity index is 2.20. The molecule has 1 aromatic rings. The normalized spacial score (nSPS) is 20.4. The highest BCUT2D eigenvalue weighted by Crippen LogP contribution is 2.32. The fourth-order valence-electron chi connectivity index (χ4n) is 2.25. The number of carbonyl (C=O) groups is 1. The van der Waals surface area contributed by atoms with Gasteiger partial charge in [0, 0.05) is 6.54 Å². The molecule has 0 radical (unpaired) electrons. The Morgan fingerprint density at radius 2 is 1.86 bits per heavy atom. The molecule has 0 bridgehead atoms. The van der Waals surface area contributed by atoms with Gasteiger partial charge in [-0.1, -0.05) is 12.1 Å². The second-order valence-electron chi connectivity index (χ2n) is 5.84. The molecular weight excluding hydrogens is 288 g/mol. The Kier molecular flexibility index (Phi) is 3.97. The summed E-state index contributed by atoms with van der Waals surface area (Å²) in [5, 5.41) is 0.922. The first kappa shape index (κ1) is 15.8. The molecule has 116 valence electrons. The van der Waals surface area contributed by atoms with Crippen LogP contribution in [-0.2, 0) is 11.2 Å². The van der Waals surface area contributed by atoms with Crippen molar-refractivity contribution >= 4 is 5.91 Å². The fraction of sp³-hybridized carbons (Fsp3) is 0.500. The van der Waals surface area contributed by atoms with Crippen molar-refractivity contribution in [1.82, 2.24) is 10.4 Å². The summed E-state index contributed by atoms with van der Waals surface area (Å²) in [6, 6.07) is 3.03. The summed E-state index contributed by atoms with van der Waals surface area (Å²) < 4.78 is 52.6. The molecule has 1 saturated heterocycles. The molecule has 1 aromatic carbocycles. The van der Waals surface area contributed by atoms with Crippen LogP contribution < -0.4 is 5.43 Å². The molecule has 0 aliphatic carbocycles. The molecule has 0 aromatic heterocycles. The number of nitrogens with one attached hydrogen (secondary N) is 1. The van der Waals surface area contributed by atoms with Crippen LogP contribution in [0.4, 0.5) is 17.6 Å². The summed E-state index contributed by atoms with van der Waals surface area (Å²) >= 11 is 0. The number of alkyl halides is 3. The molecule has 3 nitrogen and oxygen atoms in total. The summed E-state index contributed by atoms with van der Waals surface area (Å²) in [7, 11) is 0. The maximum absolute atomic E-state index is 13.2. The average Bonchev–Trinajstić information content (AvgIpc) is 2.61. The lowest BCUT2D eigenvalue weighted by Crippen LogP contribution is -2.51. The van der Waals surface area contributed by atoms with Crippen LogP contribution in [0.25, 0.3) is 0 Å². The molecular formula is C14H16F4N2O. The van der Waals surface area contributed by atoms with Crippen LogP contribution in [-0.4, -0.2) is 29.7 Å². The van der Waals surface area contributed by atoms with E-state index in [0.29, 0.717) is 5.56 Å². The van der Waals surface area contributed by atoms with Crippen LogP contribution in [0.5, 0.6) is 0 Å². The van der Waals surface area contributed by atoms with E-state index in [0.717, 1.165) is 17.1 Å². The van der Waals surface area contributed by atoms with E-state index < -0.39 is 29.4 Å². The summed E-state index contributed by atoms with van der Waals surface area (Å²) in [4.78, 5) is 11.7. The molecule has 2 rings (SSSR count). The number of benzene rings is 1. The highest BCUT2D eigenvalue weighted by atomic mass is 19.4. The second kappa shape index (κ2) is 5.29. The molecule has 1 amide bonds. The van der Waals surface area contributed by atoms with Gasteiger partial charge in [0.15, 0.2) is 0 Å². The first-order chi connectivity index (χ1) is 9.59. The van der Waals surface area contributed by atoms with Crippen LogP contribution in [0.3, 0.4) is 0 Å². The van der Waals surface area contributed by atoms with E-state index in [1.807, 2.05) is 0 Å². The molecule has 1 aliphatic rings. The number of rotatable bonds is 3. The minimum absolute atomic E-state index is 0.0306. The van der Waals surface area contributed by atoms with Gasteiger partial charge in [-0.3, -0.25) is 10.2 Å². The number of nitrogens with zero attached hydrogens (tertiary/aromatic N) is 1. The van der Waals surface area contributed by atoms with E-state index in [1.165, 1.54) is 12.1 Å². The number of halogens is 4. The van der Waals surface area contributed by atoms with Crippen molar-refractivity contribution in [2.45, 2.75) is 32.5 Å². The van der Waals surface area contributed by atoms with Crippen LogP contribution in [0, 0.1) is 11.2 Å². The maximum Gasteiger partial charge on any atom is 0.406 e. The SMILES string of the molecule is CC1(C)CN([C@@H](Cc2ccc(F)cc2)C(F)(F)F)NC1=O. The lowest BCUT2D eigenvalue weighted by Gasteiger charge is -2.29. The quantitative estimate of drug-likeness (QED) is 0.871. The van der Waals surface area contributed by atoms with Gasteiger partial charge in [-0.05, 0) is 38.0 Å². The zero-order chi connectivity index (χ0) is 15.8. The molecule has 1 fully saturated rings. The average molecular weight is 304 g/mol. The molecule has 0 saturated carbocycles. The minimum Gasteiger partial charge on any atom is -0.288 e. The largest absolute Gasteiger partial charge is 0.406 e. The van der Waals surface area contributed by atoms with Gasteiger partial charge in [0.25, 0.3) is 0 Å². The third-order valence-electron chi connectivity index (χ3n) is 3.52. The van der Waals surface area contributed by atoms with Crippen molar-refractivity contribution in [2.75, 3.05) is 6.54 Å². The van der Waals surface area contributed by atoms with E-state index in [1.54, 1.807) is 13.8 Å². The van der Waals surface area contributed by atoms with Crippen molar-refractivity contribution in [1.29, 1.82) is 0 Å². The van der Waals surface area contributed by atoms with Crippen molar-refractivity contribution in [3.63, 3.8) is 0 Å². The van der Waals surface area contributed by atoms with Crippen molar-refractivity contribution < 1.29 is 22.4 Å². The van der Waals surface area contributed by atoms with Crippen LogP contribution in [0.1, 0.15) is 19.4 Å². The number of hydrogen-bond acceptors (Lipinski definition) is 2. The van der Waals surface area contributed by atoms with E-state index in [-0.39, 0.29) is 13.0 Å². The first-order valence-corrected chi connectivity index (χ1v) is 6.48. The predicted molar refractivity (Wildman–Crippen MR) is 68.6 cm³/mol. The van der Waals surface area contributed by atoms with Crippen LogP contribution in [0.15, 0.2) is 24.3 Å². The van der Waals surface area contributed by atoms with Crippen molar-refractivity contribution in [2.24, 2.45) is 5.41 Å². The smallest absolute Gasteiger partial charge is 0.288 e. The lowest BCUT2D eigenvalue weighted by molar-refractivity contribution is -0.188. The van der Waals surface area contributed by atoms with Gasteiger partial charge in [-0.15, -0.1) is 0 Å². The van der Waals surface area contributed by atoms with Gasteiger partial charge in [-0.25, -0.2) is 9.40 Å². The third kappa shape index (κ3) is 3.53. The standard InChI is InChI=1S/C14H16F4N2O/c1-13(2)8-20(19-12(13)21)11(14(16,17)18)7-9-3-5-10(15)6-4-9/h3-6,11H,7-8H2,1-2H3,(H,19,21)/t11-/m0/s1. The summed E-state index contributed by atoms with van der Waals surface area (Å²) in [5.74, 6) is -0.936. The maximum atomic E-state index is 13.2. The monoisotopic (exact) mass is 304 g/mol. The Bertz CT molecular complexity index is 525.